The van der Waals surface area contributed by atoms with E-state index in [-0.39, 0.29) is 17.6 Å². The number of rotatable bonds is 8. The van der Waals surface area contributed by atoms with Crippen LogP contribution in [0, 0.1) is 0 Å². The number of nitrogens with one attached hydrogen (secondary N) is 2. The number of furan rings is 1. The number of hydrogen-bond acceptors (Lipinski definition) is 4. The first-order valence-corrected chi connectivity index (χ1v) is 10.2. The lowest BCUT2D eigenvalue weighted by Gasteiger charge is -2.08. The Balaban J connectivity index is 1.44. The van der Waals surface area contributed by atoms with E-state index in [1.807, 2.05) is 42.5 Å². The molecule has 1 aromatic heterocycles. The van der Waals surface area contributed by atoms with E-state index in [0.717, 1.165) is 11.1 Å². The highest BCUT2D eigenvalue weighted by Crippen LogP contribution is 2.20. The van der Waals surface area contributed by atoms with Gasteiger partial charge < -0.3 is 15.1 Å². The minimum absolute atomic E-state index is 0.0536. The summed E-state index contributed by atoms with van der Waals surface area (Å²) in [4.78, 5) is 24.1. The molecule has 28 heavy (non-hydrogen) atoms. The zero-order valence-corrected chi connectivity index (χ0v) is 16.6. The van der Waals surface area contributed by atoms with E-state index in [1.165, 1.54) is 18.0 Å². The van der Waals surface area contributed by atoms with Crippen molar-refractivity contribution in [1.29, 1.82) is 0 Å². The topological polar surface area (TPSA) is 71.3 Å². The second kappa shape index (κ2) is 10.0. The number of amides is 2. The number of thioether (sulfide) groups is 1. The van der Waals surface area contributed by atoms with Gasteiger partial charge in [-0.15, -0.1) is 11.8 Å². The standard InChI is InChI=1S/C21H19ClN2O3S/c22-18-8-2-1-6-16(18)13-28-14-20(25)23-12-15-5-3-7-17(11-15)24-21(26)19-9-4-10-27-19/h1-11H,12-14H2,(H,23,25)(H,24,26). The molecule has 0 bridgehead atoms. The zero-order valence-electron chi connectivity index (χ0n) is 15.0. The second-order valence-electron chi connectivity index (χ2n) is 5.99. The van der Waals surface area contributed by atoms with Crippen LogP contribution in [0.25, 0.3) is 0 Å². The predicted molar refractivity (Wildman–Crippen MR) is 113 cm³/mol. The molecule has 0 aliphatic carbocycles. The Hall–Kier alpha value is -2.70. The van der Waals surface area contributed by atoms with E-state index < -0.39 is 0 Å². The number of benzene rings is 2. The number of carbonyl (C=O) groups excluding carboxylic acids is 2. The number of halogens is 1. The van der Waals surface area contributed by atoms with E-state index in [4.69, 9.17) is 16.0 Å². The quantitative estimate of drug-likeness (QED) is 0.558. The molecule has 3 aromatic rings. The van der Waals surface area contributed by atoms with Gasteiger partial charge in [-0.3, -0.25) is 9.59 Å². The molecule has 0 spiro atoms. The largest absolute Gasteiger partial charge is 0.459 e. The molecule has 0 saturated carbocycles. The molecule has 7 heteroatoms. The Morgan fingerprint density at radius 3 is 2.68 bits per heavy atom. The maximum absolute atomic E-state index is 12.1. The van der Waals surface area contributed by atoms with Crippen LogP contribution in [0.1, 0.15) is 21.7 Å². The molecule has 2 N–H and O–H groups in total. The van der Waals surface area contributed by atoms with Crippen molar-refractivity contribution in [2.75, 3.05) is 11.1 Å². The van der Waals surface area contributed by atoms with Crippen LogP contribution in [0.5, 0.6) is 0 Å². The van der Waals surface area contributed by atoms with Gasteiger partial charge in [-0.25, -0.2) is 0 Å². The lowest BCUT2D eigenvalue weighted by molar-refractivity contribution is -0.118. The van der Waals surface area contributed by atoms with Gasteiger partial charge in [0.1, 0.15) is 0 Å². The van der Waals surface area contributed by atoms with Crippen LogP contribution in [0.2, 0.25) is 5.02 Å². The summed E-state index contributed by atoms with van der Waals surface area (Å²) in [5.41, 5.74) is 2.55. The average molecular weight is 415 g/mol. The fourth-order valence-corrected chi connectivity index (χ4v) is 3.62. The van der Waals surface area contributed by atoms with E-state index in [0.29, 0.717) is 28.8 Å². The molecule has 0 fully saturated rings. The fraction of sp³-hybridized carbons (Fsp3) is 0.143. The van der Waals surface area contributed by atoms with E-state index >= 15 is 0 Å². The summed E-state index contributed by atoms with van der Waals surface area (Å²) < 4.78 is 5.07. The molecule has 144 valence electrons. The van der Waals surface area contributed by atoms with Crippen LogP contribution >= 0.6 is 23.4 Å². The minimum atomic E-state index is -0.317. The number of hydrogen-bond donors (Lipinski definition) is 2. The molecule has 0 aliphatic rings. The SMILES string of the molecule is O=C(CSCc1ccccc1Cl)NCc1cccc(NC(=O)c2ccco2)c1. The first-order valence-electron chi connectivity index (χ1n) is 8.63. The van der Waals surface area contributed by atoms with Gasteiger partial charge in [0.15, 0.2) is 5.76 Å². The van der Waals surface area contributed by atoms with Crippen molar-refractivity contribution < 1.29 is 14.0 Å². The van der Waals surface area contributed by atoms with Crippen LogP contribution in [-0.2, 0) is 17.1 Å². The van der Waals surface area contributed by atoms with Crippen LogP contribution in [0.3, 0.4) is 0 Å². The number of carbonyl (C=O) groups is 2. The van der Waals surface area contributed by atoms with E-state index in [2.05, 4.69) is 10.6 Å². The van der Waals surface area contributed by atoms with Gasteiger partial charge in [-0.05, 0) is 41.5 Å². The summed E-state index contributed by atoms with van der Waals surface area (Å²) >= 11 is 7.62. The smallest absolute Gasteiger partial charge is 0.291 e. The highest BCUT2D eigenvalue weighted by molar-refractivity contribution is 7.99. The van der Waals surface area contributed by atoms with Gasteiger partial charge >= 0.3 is 0 Å². The first kappa shape index (κ1) is 20.0. The Morgan fingerprint density at radius 1 is 1.04 bits per heavy atom. The minimum Gasteiger partial charge on any atom is -0.459 e. The molecule has 0 saturated heterocycles. The van der Waals surface area contributed by atoms with Crippen LogP contribution in [-0.4, -0.2) is 17.6 Å². The monoisotopic (exact) mass is 414 g/mol. The van der Waals surface area contributed by atoms with Crippen molar-refractivity contribution in [3.8, 4) is 0 Å². The molecule has 2 amide bonds. The van der Waals surface area contributed by atoms with Crippen LogP contribution in [0.15, 0.2) is 71.3 Å². The molecular formula is C21H19ClN2O3S. The van der Waals surface area contributed by atoms with Gasteiger partial charge in [0.2, 0.25) is 5.91 Å². The van der Waals surface area contributed by atoms with Crippen molar-refractivity contribution in [1.82, 2.24) is 5.32 Å². The van der Waals surface area contributed by atoms with Crippen LogP contribution < -0.4 is 10.6 Å². The highest BCUT2D eigenvalue weighted by atomic mass is 35.5. The third kappa shape index (κ3) is 5.90. The Kier molecular flexibility index (Phi) is 7.17. The summed E-state index contributed by atoms with van der Waals surface area (Å²) in [5, 5.41) is 6.36. The highest BCUT2D eigenvalue weighted by Gasteiger charge is 2.09. The van der Waals surface area contributed by atoms with Gasteiger partial charge in [0, 0.05) is 23.0 Å². The zero-order chi connectivity index (χ0) is 19.8. The van der Waals surface area contributed by atoms with Crippen LogP contribution in [0.4, 0.5) is 5.69 Å². The third-order valence-corrected chi connectivity index (χ3v) is 5.22. The predicted octanol–water partition coefficient (Wildman–Crippen LogP) is 4.73. The Morgan fingerprint density at radius 2 is 1.89 bits per heavy atom. The van der Waals surface area contributed by atoms with Crippen molar-refractivity contribution in [3.63, 3.8) is 0 Å². The molecule has 0 radical (unpaired) electrons. The van der Waals surface area contributed by atoms with Gasteiger partial charge in [0.05, 0.1) is 12.0 Å². The second-order valence-corrected chi connectivity index (χ2v) is 7.39. The number of anilines is 1. The molecule has 0 aliphatic heterocycles. The molecular weight excluding hydrogens is 396 g/mol. The molecule has 2 aromatic carbocycles. The maximum atomic E-state index is 12.1. The molecule has 3 rings (SSSR count). The molecule has 1 heterocycles. The van der Waals surface area contributed by atoms with E-state index in [1.54, 1.807) is 18.2 Å². The lowest BCUT2D eigenvalue weighted by atomic mass is 10.2. The van der Waals surface area contributed by atoms with Crippen molar-refractivity contribution in [3.05, 3.63) is 88.8 Å². The third-order valence-electron chi connectivity index (χ3n) is 3.87. The van der Waals surface area contributed by atoms with Crippen molar-refractivity contribution >= 4 is 40.9 Å². The summed E-state index contributed by atoms with van der Waals surface area (Å²) in [6.45, 7) is 0.385. The lowest BCUT2D eigenvalue weighted by Crippen LogP contribution is -2.24. The summed E-state index contributed by atoms with van der Waals surface area (Å²) in [5.74, 6) is 0.903. The normalized spacial score (nSPS) is 10.5. The summed E-state index contributed by atoms with van der Waals surface area (Å²) in [7, 11) is 0. The maximum Gasteiger partial charge on any atom is 0.291 e. The van der Waals surface area contributed by atoms with Gasteiger partial charge in [-0.2, -0.15) is 0 Å². The summed E-state index contributed by atoms with van der Waals surface area (Å²) in [6.07, 6.45) is 1.45. The molecule has 0 atom stereocenters. The van der Waals surface area contributed by atoms with Gasteiger partial charge in [-0.1, -0.05) is 41.9 Å². The van der Waals surface area contributed by atoms with Gasteiger partial charge in [0.25, 0.3) is 5.91 Å². The first-order chi connectivity index (χ1) is 13.6. The fourth-order valence-electron chi connectivity index (χ4n) is 2.48. The van der Waals surface area contributed by atoms with E-state index in [9.17, 15) is 9.59 Å². The molecule has 5 nitrogen and oxygen atoms in total. The van der Waals surface area contributed by atoms with Crippen molar-refractivity contribution in [2.24, 2.45) is 0 Å². The Bertz CT molecular complexity index is 944. The molecule has 0 unspecified atom stereocenters. The average Bonchev–Trinajstić information content (AvgIpc) is 3.23. The Labute approximate surface area is 172 Å². The van der Waals surface area contributed by atoms with Crippen molar-refractivity contribution in [2.45, 2.75) is 12.3 Å². The summed E-state index contributed by atoms with van der Waals surface area (Å²) in [6, 6.07) is 18.2.